The summed E-state index contributed by atoms with van der Waals surface area (Å²) in [7, 11) is 5.80. The summed E-state index contributed by atoms with van der Waals surface area (Å²) in [5.41, 5.74) is 8.83. The van der Waals surface area contributed by atoms with Gasteiger partial charge in [-0.2, -0.15) is 5.10 Å². The number of primary amides is 1. The van der Waals surface area contributed by atoms with E-state index in [4.69, 9.17) is 13.6 Å². The van der Waals surface area contributed by atoms with Crippen LogP contribution in [0.1, 0.15) is 34.7 Å². The van der Waals surface area contributed by atoms with Crippen LogP contribution in [0.2, 0.25) is 0 Å². The molecule has 0 aliphatic carbocycles. The minimum absolute atomic E-state index is 0.446. The van der Waals surface area contributed by atoms with Gasteiger partial charge in [0.25, 0.3) is 5.91 Å². The lowest BCUT2D eigenvalue weighted by Crippen LogP contribution is -2.35. The number of amides is 1. The van der Waals surface area contributed by atoms with E-state index in [2.05, 4.69) is 34.3 Å². The molecule has 1 atom stereocenters. The molecule has 1 aromatic heterocycles. The summed E-state index contributed by atoms with van der Waals surface area (Å²) in [5, 5.41) is 5.46. The SMILES string of the molecule is [B]CN1CCC[C@@H](c2ccc(-n3cc4cccc(C(N)=O)c4n3)cc2)C1. The Balaban J connectivity index is 1.62. The Labute approximate surface area is 154 Å². The third kappa shape index (κ3) is 3.12. The quantitative estimate of drug-likeness (QED) is 0.740. The molecule has 1 fully saturated rings. The van der Waals surface area contributed by atoms with Crippen molar-refractivity contribution in [2.24, 2.45) is 5.73 Å². The number of aromatic nitrogens is 2. The summed E-state index contributed by atoms with van der Waals surface area (Å²) >= 11 is 0. The Morgan fingerprint density at radius 1 is 1.23 bits per heavy atom. The van der Waals surface area contributed by atoms with E-state index in [9.17, 15) is 4.79 Å². The summed E-state index contributed by atoms with van der Waals surface area (Å²) in [6, 6.07) is 14.0. The van der Waals surface area contributed by atoms with Gasteiger partial charge in [-0.25, -0.2) is 4.68 Å². The smallest absolute Gasteiger partial charge is 0.250 e. The molecule has 0 saturated carbocycles. The van der Waals surface area contributed by atoms with E-state index in [1.807, 2.05) is 18.3 Å². The summed E-state index contributed by atoms with van der Waals surface area (Å²) in [6.07, 6.45) is 4.93. The van der Waals surface area contributed by atoms with Gasteiger partial charge in [-0.15, -0.1) is 0 Å². The summed E-state index contributed by atoms with van der Waals surface area (Å²) in [5.74, 6) is 0.0671. The highest BCUT2D eigenvalue weighted by molar-refractivity contribution is 6.08. The fourth-order valence-electron chi connectivity index (χ4n) is 3.77. The zero-order valence-corrected chi connectivity index (χ0v) is 14.6. The molecule has 0 unspecified atom stereocenters. The van der Waals surface area contributed by atoms with E-state index in [0.29, 0.717) is 23.4 Å². The van der Waals surface area contributed by atoms with Crippen LogP contribution < -0.4 is 5.73 Å². The zero-order valence-electron chi connectivity index (χ0n) is 14.6. The number of fused-ring (bicyclic) bond motifs is 1. The molecule has 2 radical (unpaired) electrons. The number of hydrogen-bond donors (Lipinski definition) is 1. The first-order valence-electron chi connectivity index (χ1n) is 8.96. The average molecular weight is 344 g/mol. The maximum absolute atomic E-state index is 11.6. The Bertz CT molecular complexity index is 935. The monoisotopic (exact) mass is 344 g/mol. The van der Waals surface area contributed by atoms with Gasteiger partial charge in [-0.1, -0.05) is 24.3 Å². The first kappa shape index (κ1) is 16.9. The van der Waals surface area contributed by atoms with Gasteiger partial charge < -0.3 is 10.6 Å². The molecule has 1 aliphatic heterocycles. The van der Waals surface area contributed by atoms with E-state index in [1.54, 1.807) is 10.7 Å². The molecule has 2 aromatic carbocycles. The van der Waals surface area contributed by atoms with Crippen molar-refractivity contribution >= 4 is 24.7 Å². The van der Waals surface area contributed by atoms with Crippen LogP contribution in [0.15, 0.2) is 48.7 Å². The fourth-order valence-corrected chi connectivity index (χ4v) is 3.77. The maximum atomic E-state index is 11.6. The van der Waals surface area contributed by atoms with Crippen molar-refractivity contribution in [2.45, 2.75) is 18.8 Å². The Morgan fingerprint density at radius 2 is 2.04 bits per heavy atom. The number of hydrogen-bond acceptors (Lipinski definition) is 3. The minimum Gasteiger partial charge on any atom is -0.366 e. The van der Waals surface area contributed by atoms with Crippen molar-refractivity contribution in [1.82, 2.24) is 14.7 Å². The molecule has 2 heterocycles. The van der Waals surface area contributed by atoms with E-state index in [0.717, 1.165) is 24.2 Å². The normalized spacial score (nSPS) is 18.2. The van der Waals surface area contributed by atoms with Crippen molar-refractivity contribution in [1.29, 1.82) is 0 Å². The van der Waals surface area contributed by atoms with Crippen LogP contribution in [0.5, 0.6) is 0 Å². The van der Waals surface area contributed by atoms with Gasteiger partial charge in [-0.05, 0) is 55.5 Å². The topological polar surface area (TPSA) is 64.2 Å². The van der Waals surface area contributed by atoms with Crippen LogP contribution >= 0.6 is 0 Å². The molecule has 1 saturated heterocycles. The van der Waals surface area contributed by atoms with Gasteiger partial charge in [0.05, 0.1) is 19.1 Å². The third-order valence-electron chi connectivity index (χ3n) is 5.19. The van der Waals surface area contributed by atoms with Crippen LogP contribution in [0.4, 0.5) is 0 Å². The summed E-state index contributed by atoms with van der Waals surface area (Å²) < 4.78 is 1.80. The molecule has 0 spiro atoms. The van der Waals surface area contributed by atoms with Crippen LogP contribution in [-0.4, -0.2) is 48.0 Å². The maximum Gasteiger partial charge on any atom is 0.250 e. The Kier molecular flexibility index (Phi) is 4.51. The lowest BCUT2D eigenvalue weighted by atomic mass is 9.89. The summed E-state index contributed by atoms with van der Waals surface area (Å²) in [4.78, 5) is 13.9. The van der Waals surface area contributed by atoms with Gasteiger partial charge in [-0.3, -0.25) is 4.79 Å². The van der Waals surface area contributed by atoms with Crippen LogP contribution in [-0.2, 0) is 0 Å². The van der Waals surface area contributed by atoms with Gasteiger partial charge in [0.1, 0.15) is 5.52 Å². The molecule has 6 heteroatoms. The van der Waals surface area contributed by atoms with Crippen LogP contribution in [0, 0.1) is 0 Å². The fraction of sp³-hybridized carbons (Fsp3) is 0.300. The molecule has 130 valence electrons. The number of nitrogens with zero attached hydrogens (tertiary/aromatic N) is 3. The third-order valence-corrected chi connectivity index (χ3v) is 5.19. The van der Waals surface area contributed by atoms with E-state index >= 15 is 0 Å². The van der Waals surface area contributed by atoms with Gasteiger partial charge in [0.15, 0.2) is 0 Å². The molecular formula is C20H21BN4O. The number of carbonyl (C=O) groups excluding carboxylic acids is 1. The second-order valence-corrected chi connectivity index (χ2v) is 6.87. The van der Waals surface area contributed by atoms with Gasteiger partial charge in [0, 0.05) is 18.1 Å². The minimum atomic E-state index is -0.460. The number of benzene rings is 2. The zero-order chi connectivity index (χ0) is 18.1. The van der Waals surface area contributed by atoms with E-state index in [-0.39, 0.29) is 0 Å². The molecule has 0 bridgehead atoms. The first-order chi connectivity index (χ1) is 12.7. The van der Waals surface area contributed by atoms with Crippen molar-refractivity contribution in [3.05, 3.63) is 59.8 Å². The van der Waals surface area contributed by atoms with E-state index < -0.39 is 5.91 Å². The van der Waals surface area contributed by atoms with E-state index in [1.165, 1.54) is 18.4 Å². The predicted octanol–water partition coefficient (Wildman–Crippen LogP) is 2.43. The molecule has 1 amide bonds. The van der Waals surface area contributed by atoms with Crippen LogP contribution in [0.25, 0.3) is 16.6 Å². The molecule has 2 N–H and O–H groups in total. The Hall–Kier alpha value is -2.60. The van der Waals surface area contributed by atoms with Crippen molar-refractivity contribution in [3.8, 4) is 5.69 Å². The molecule has 5 nitrogen and oxygen atoms in total. The lowest BCUT2D eigenvalue weighted by Gasteiger charge is -2.32. The number of rotatable bonds is 4. The number of nitrogens with two attached hydrogens (primary N) is 1. The largest absolute Gasteiger partial charge is 0.366 e. The first-order valence-corrected chi connectivity index (χ1v) is 8.96. The predicted molar refractivity (Wildman–Crippen MR) is 104 cm³/mol. The highest BCUT2D eigenvalue weighted by Crippen LogP contribution is 2.27. The Morgan fingerprint density at radius 3 is 2.77 bits per heavy atom. The molecule has 1 aliphatic rings. The number of carbonyl (C=O) groups is 1. The van der Waals surface area contributed by atoms with Crippen molar-refractivity contribution < 1.29 is 4.79 Å². The van der Waals surface area contributed by atoms with Crippen molar-refractivity contribution in [2.75, 3.05) is 19.5 Å². The number of likely N-dealkylation sites (tertiary alicyclic amines) is 1. The summed E-state index contributed by atoms with van der Waals surface area (Å²) in [6.45, 7) is 2.11. The van der Waals surface area contributed by atoms with Gasteiger partial charge >= 0.3 is 0 Å². The highest BCUT2D eigenvalue weighted by Gasteiger charge is 2.20. The second kappa shape index (κ2) is 6.96. The number of piperidine rings is 1. The van der Waals surface area contributed by atoms with Gasteiger partial charge in [0.2, 0.25) is 0 Å². The highest BCUT2D eigenvalue weighted by atomic mass is 16.1. The molecule has 4 rings (SSSR count). The standard InChI is InChI=1S/C20H21BN4O/c21-13-24-10-2-4-15(11-24)14-6-8-17(9-7-14)25-12-16-3-1-5-18(20(22)26)19(16)23-25/h1,3,5-9,12,15H,2,4,10-11,13H2,(H2,22,26)/t15-/m1/s1. The molecule has 26 heavy (non-hydrogen) atoms. The van der Waals surface area contributed by atoms with Crippen molar-refractivity contribution in [3.63, 3.8) is 0 Å². The lowest BCUT2D eigenvalue weighted by molar-refractivity contribution is 0.100. The molecular weight excluding hydrogens is 323 g/mol. The van der Waals surface area contributed by atoms with Crippen LogP contribution in [0.3, 0.4) is 0 Å². The second-order valence-electron chi connectivity index (χ2n) is 6.87. The average Bonchev–Trinajstić information content (AvgIpc) is 3.12. The molecule has 3 aromatic rings.